The van der Waals surface area contributed by atoms with Crippen molar-refractivity contribution in [1.82, 2.24) is 5.32 Å². The van der Waals surface area contributed by atoms with Crippen molar-refractivity contribution < 1.29 is 14.3 Å². The number of esters is 1. The Hall–Kier alpha value is -1.36. The second-order valence-corrected chi connectivity index (χ2v) is 4.89. The summed E-state index contributed by atoms with van der Waals surface area (Å²) in [7, 11) is 1.31. The molecule has 0 heterocycles. The third kappa shape index (κ3) is 5.31. The van der Waals surface area contributed by atoms with E-state index in [0.29, 0.717) is 12.8 Å². The number of hydrogen-bond acceptors (Lipinski definition) is 3. The highest BCUT2D eigenvalue weighted by molar-refractivity contribution is 9.10. The number of ether oxygens (including phenoxy) is 1. The SMILES string of the molecule is COC(=O)C(Br)CNC(=O)CCc1ccccc1. The van der Waals surface area contributed by atoms with Crippen molar-refractivity contribution in [2.75, 3.05) is 13.7 Å². The fraction of sp³-hybridized carbons (Fsp3) is 0.385. The predicted molar refractivity (Wildman–Crippen MR) is 72.5 cm³/mol. The minimum absolute atomic E-state index is 0.0767. The largest absolute Gasteiger partial charge is 0.468 e. The number of halogens is 1. The fourth-order valence-corrected chi connectivity index (χ4v) is 1.75. The Morgan fingerprint density at radius 3 is 2.61 bits per heavy atom. The molecular formula is C13H16BrNO3. The van der Waals surface area contributed by atoms with Crippen molar-refractivity contribution >= 4 is 27.8 Å². The maximum Gasteiger partial charge on any atom is 0.321 e. The zero-order valence-electron chi connectivity index (χ0n) is 10.2. The molecule has 0 radical (unpaired) electrons. The van der Waals surface area contributed by atoms with Crippen LogP contribution in [-0.4, -0.2) is 30.4 Å². The summed E-state index contributed by atoms with van der Waals surface area (Å²) in [6, 6.07) is 9.79. The number of rotatable bonds is 6. The Labute approximate surface area is 115 Å². The minimum Gasteiger partial charge on any atom is -0.468 e. The number of hydrogen-bond donors (Lipinski definition) is 1. The molecule has 1 aromatic carbocycles. The van der Waals surface area contributed by atoms with Gasteiger partial charge < -0.3 is 10.1 Å². The standard InChI is InChI=1S/C13H16BrNO3/c1-18-13(17)11(14)9-15-12(16)8-7-10-5-3-2-4-6-10/h2-6,11H,7-9H2,1H3,(H,15,16). The zero-order valence-corrected chi connectivity index (χ0v) is 11.8. The lowest BCUT2D eigenvalue weighted by Crippen LogP contribution is -2.34. The zero-order chi connectivity index (χ0) is 13.4. The van der Waals surface area contributed by atoms with Crippen LogP contribution in [0, 0.1) is 0 Å². The number of methoxy groups -OCH3 is 1. The Balaban J connectivity index is 2.24. The minimum atomic E-state index is -0.497. The smallest absolute Gasteiger partial charge is 0.321 e. The van der Waals surface area contributed by atoms with Gasteiger partial charge in [0.25, 0.3) is 0 Å². The number of aryl methyl sites for hydroxylation is 1. The van der Waals surface area contributed by atoms with Crippen LogP contribution in [0.15, 0.2) is 30.3 Å². The number of carbonyl (C=O) groups is 2. The summed E-state index contributed by atoms with van der Waals surface area (Å²) in [5.74, 6) is -0.467. The van der Waals surface area contributed by atoms with Gasteiger partial charge in [0, 0.05) is 13.0 Å². The number of amides is 1. The van der Waals surface area contributed by atoms with Gasteiger partial charge in [0.05, 0.1) is 7.11 Å². The summed E-state index contributed by atoms with van der Waals surface area (Å²) in [4.78, 5) is 22.1. The molecule has 1 N–H and O–H groups in total. The molecule has 4 nitrogen and oxygen atoms in total. The number of benzene rings is 1. The Morgan fingerprint density at radius 2 is 2.00 bits per heavy atom. The van der Waals surface area contributed by atoms with Crippen LogP contribution in [0.1, 0.15) is 12.0 Å². The van der Waals surface area contributed by atoms with Gasteiger partial charge in [0.1, 0.15) is 4.83 Å². The molecular weight excluding hydrogens is 298 g/mol. The molecule has 18 heavy (non-hydrogen) atoms. The molecule has 0 spiro atoms. The van der Waals surface area contributed by atoms with Crippen LogP contribution in [0.3, 0.4) is 0 Å². The van der Waals surface area contributed by atoms with Gasteiger partial charge in [-0.2, -0.15) is 0 Å². The van der Waals surface area contributed by atoms with Crippen molar-refractivity contribution in [1.29, 1.82) is 0 Å². The number of alkyl halides is 1. The van der Waals surface area contributed by atoms with Crippen LogP contribution in [-0.2, 0) is 20.7 Å². The average molecular weight is 314 g/mol. The highest BCUT2D eigenvalue weighted by Crippen LogP contribution is 2.03. The van der Waals surface area contributed by atoms with E-state index in [1.165, 1.54) is 7.11 Å². The molecule has 0 aliphatic carbocycles. The second-order valence-electron chi connectivity index (χ2n) is 3.78. The topological polar surface area (TPSA) is 55.4 Å². The first-order valence-electron chi connectivity index (χ1n) is 5.66. The van der Waals surface area contributed by atoms with Gasteiger partial charge in [-0.15, -0.1) is 0 Å². The lowest BCUT2D eigenvalue weighted by atomic mass is 10.1. The van der Waals surface area contributed by atoms with Gasteiger partial charge in [0.15, 0.2) is 0 Å². The van der Waals surface area contributed by atoms with Crippen molar-refractivity contribution in [2.45, 2.75) is 17.7 Å². The van der Waals surface area contributed by atoms with Crippen LogP contribution < -0.4 is 5.32 Å². The summed E-state index contributed by atoms with van der Waals surface area (Å²) in [5.41, 5.74) is 1.12. The maximum atomic E-state index is 11.5. The third-order valence-corrected chi connectivity index (χ3v) is 3.12. The van der Waals surface area contributed by atoms with E-state index in [1.54, 1.807) is 0 Å². The van der Waals surface area contributed by atoms with Gasteiger partial charge >= 0.3 is 5.97 Å². The molecule has 0 fully saturated rings. The first-order valence-corrected chi connectivity index (χ1v) is 6.57. The molecule has 1 rings (SSSR count). The Bertz CT molecular complexity index is 394. The monoisotopic (exact) mass is 313 g/mol. The van der Waals surface area contributed by atoms with Gasteiger partial charge in [-0.25, -0.2) is 0 Å². The summed E-state index contributed by atoms with van der Waals surface area (Å²) in [6.45, 7) is 0.236. The highest BCUT2D eigenvalue weighted by atomic mass is 79.9. The van der Waals surface area contributed by atoms with E-state index in [4.69, 9.17) is 0 Å². The van der Waals surface area contributed by atoms with E-state index in [2.05, 4.69) is 26.0 Å². The lowest BCUT2D eigenvalue weighted by molar-refractivity contribution is -0.139. The molecule has 5 heteroatoms. The van der Waals surface area contributed by atoms with Gasteiger partial charge in [-0.3, -0.25) is 9.59 Å². The van der Waals surface area contributed by atoms with Crippen molar-refractivity contribution in [2.24, 2.45) is 0 Å². The average Bonchev–Trinajstić information content (AvgIpc) is 2.42. The van der Waals surface area contributed by atoms with Crippen LogP contribution >= 0.6 is 15.9 Å². The molecule has 1 unspecified atom stereocenters. The second kappa shape index (κ2) is 7.87. The molecule has 98 valence electrons. The lowest BCUT2D eigenvalue weighted by Gasteiger charge is -2.09. The maximum absolute atomic E-state index is 11.5. The van der Waals surface area contributed by atoms with E-state index in [0.717, 1.165) is 5.56 Å². The Morgan fingerprint density at radius 1 is 1.33 bits per heavy atom. The van der Waals surface area contributed by atoms with Crippen LogP contribution in [0.4, 0.5) is 0 Å². The predicted octanol–water partition coefficient (Wildman–Crippen LogP) is 1.67. The van der Waals surface area contributed by atoms with Crippen LogP contribution in [0.25, 0.3) is 0 Å². The third-order valence-electron chi connectivity index (χ3n) is 2.42. The fourth-order valence-electron chi connectivity index (χ4n) is 1.41. The van der Waals surface area contributed by atoms with Gasteiger partial charge in [0.2, 0.25) is 5.91 Å². The van der Waals surface area contributed by atoms with Gasteiger partial charge in [-0.05, 0) is 12.0 Å². The molecule has 1 atom stereocenters. The summed E-state index contributed by atoms with van der Waals surface area (Å²) >= 11 is 3.14. The van der Waals surface area contributed by atoms with Crippen molar-refractivity contribution in [3.05, 3.63) is 35.9 Å². The molecule has 1 aromatic rings. The van der Waals surface area contributed by atoms with Gasteiger partial charge in [-0.1, -0.05) is 46.3 Å². The van der Waals surface area contributed by atoms with E-state index >= 15 is 0 Å². The molecule has 0 aromatic heterocycles. The van der Waals surface area contributed by atoms with Crippen molar-refractivity contribution in [3.63, 3.8) is 0 Å². The molecule has 0 aliphatic heterocycles. The van der Waals surface area contributed by atoms with E-state index in [9.17, 15) is 9.59 Å². The van der Waals surface area contributed by atoms with E-state index in [1.807, 2.05) is 30.3 Å². The molecule has 0 saturated carbocycles. The van der Waals surface area contributed by atoms with Crippen LogP contribution in [0.2, 0.25) is 0 Å². The van der Waals surface area contributed by atoms with Crippen LogP contribution in [0.5, 0.6) is 0 Å². The quantitative estimate of drug-likeness (QED) is 0.642. The number of nitrogens with one attached hydrogen (secondary N) is 1. The van der Waals surface area contributed by atoms with E-state index < -0.39 is 10.8 Å². The summed E-state index contributed by atoms with van der Waals surface area (Å²) in [6.07, 6.45) is 1.10. The number of carbonyl (C=O) groups excluding carboxylic acids is 2. The first kappa shape index (κ1) is 14.7. The molecule has 0 saturated heterocycles. The first-order chi connectivity index (χ1) is 8.63. The Kier molecular flexibility index (Phi) is 6.43. The van der Waals surface area contributed by atoms with E-state index in [-0.39, 0.29) is 12.5 Å². The molecule has 1 amide bonds. The summed E-state index contributed by atoms with van der Waals surface area (Å²) in [5, 5.41) is 2.68. The summed E-state index contributed by atoms with van der Waals surface area (Å²) < 4.78 is 4.54. The normalized spacial score (nSPS) is 11.7. The van der Waals surface area contributed by atoms with Crippen molar-refractivity contribution in [3.8, 4) is 0 Å². The highest BCUT2D eigenvalue weighted by Gasteiger charge is 2.15. The molecule has 0 aliphatic rings. The molecule has 0 bridgehead atoms.